The molecule has 0 radical (unpaired) electrons. The molecule has 2 aromatic rings. The minimum absolute atomic E-state index is 0.0677. The topological polar surface area (TPSA) is 74.4 Å². The van der Waals surface area contributed by atoms with Crippen LogP contribution in [0.5, 0.6) is 0 Å². The van der Waals surface area contributed by atoms with Crippen molar-refractivity contribution in [3.63, 3.8) is 0 Å². The highest BCUT2D eigenvalue weighted by molar-refractivity contribution is 6.30. The van der Waals surface area contributed by atoms with Gasteiger partial charge < -0.3 is 9.30 Å². The van der Waals surface area contributed by atoms with E-state index in [0.717, 1.165) is 23.0 Å². The standard InChI is InChI=1S/C15H12ClF3N2O4/c1-2-25-14(22)12-7-20(8-13(12)15(17,18)19)6-9-3-10(16)5-11(4-9)21(23)24/h3-5,7-8H,2,6H2,1H3. The number of nitro benzene ring substituents is 1. The van der Waals surface area contributed by atoms with Crippen molar-refractivity contribution in [1.29, 1.82) is 0 Å². The molecule has 0 aliphatic heterocycles. The number of alkyl halides is 3. The monoisotopic (exact) mass is 376 g/mol. The first-order valence-electron chi connectivity index (χ1n) is 6.99. The number of nitro groups is 1. The predicted molar refractivity (Wildman–Crippen MR) is 82.6 cm³/mol. The molecule has 10 heteroatoms. The Morgan fingerprint density at radius 1 is 1.32 bits per heavy atom. The average Bonchev–Trinajstić information content (AvgIpc) is 2.91. The lowest BCUT2D eigenvalue weighted by Gasteiger charge is -2.06. The van der Waals surface area contributed by atoms with Gasteiger partial charge in [0, 0.05) is 36.1 Å². The number of non-ortho nitro benzene ring substituents is 1. The van der Waals surface area contributed by atoms with Gasteiger partial charge in [-0.15, -0.1) is 0 Å². The minimum Gasteiger partial charge on any atom is -0.462 e. The molecule has 1 aromatic carbocycles. The Morgan fingerprint density at radius 2 is 2.00 bits per heavy atom. The molecule has 0 saturated carbocycles. The van der Waals surface area contributed by atoms with E-state index in [-0.39, 0.29) is 23.9 Å². The largest absolute Gasteiger partial charge is 0.462 e. The Labute approximate surface area is 144 Å². The van der Waals surface area contributed by atoms with Gasteiger partial charge in [-0.05, 0) is 18.6 Å². The lowest BCUT2D eigenvalue weighted by molar-refractivity contribution is -0.384. The molecule has 1 heterocycles. The Morgan fingerprint density at radius 3 is 2.56 bits per heavy atom. The van der Waals surface area contributed by atoms with Crippen LogP contribution in [0.1, 0.15) is 28.4 Å². The summed E-state index contributed by atoms with van der Waals surface area (Å²) >= 11 is 5.79. The van der Waals surface area contributed by atoms with Crippen molar-refractivity contribution in [3.8, 4) is 0 Å². The van der Waals surface area contributed by atoms with Gasteiger partial charge in [-0.2, -0.15) is 13.2 Å². The Balaban J connectivity index is 2.41. The van der Waals surface area contributed by atoms with E-state index in [0.29, 0.717) is 5.56 Å². The number of nitrogens with zero attached hydrogens (tertiary/aromatic N) is 2. The fourth-order valence-corrected chi connectivity index (χ4v) is 2.49. The Kier molecular flexibility index (Phi) is 5.36. The van der Waals surface area contributed by atoms with Crippen LogP contribution < -0.4 is 0 Å². The fraction of sp³-hybridized carbons (Fsp3) is 0.267. The summed E-state index contributed by atoms with van der Waals surface area (Å²) in [5.74, 6) is -1.09. The highest BCUT2D eigenvalue weighted by atomic mass is 35.5. The molecule has 0 atom stereocenters. The summed E-state index contributed by atoms with van der Waals surface area (Å²) < 4.78 is 45.0. The zero-order valence-corrected chi connectivity index (χ0v) is 13.6. The highest BCUT2D eigenvalue weighted by Crippen LogP contribution is 2.33. The van der Waals surface area contributed by atoms with Crippen molar-refractivity contribution in [3.05, 3.63) is 62.4 Å². The van der Waals surface area contributed by atoms with Gasteiger partial charge in [0.1, 0.15) is 0 Å². The average molecular weight is 377 g/mol. The summed E-state index contributed by atoms with van der Waals surface area (Å²) in [4.78, 5) is 21.9. The van der Waals surface area contributed by atoms with Gasteiger partial charge in [-0.3, -0.25) is 10.1 Å². The second kappa shape index (κ2) is 7.14. The smallest absolute Gasteiger partial charge is 0.418 e. The van der Waals surface area contributed by atoms with Crippen molar-refractivity contribution in [1.82, 2.24) is 4.57 Å². The zero-order valence-electron chi connectivity index (χ0n) is 12.8. The van der Waals surface area contributed by atoms with Crippen LogP contribution in [0.25, 0.3) is 0 Å². The Hall–Kier alpha value is -2.55. The second-order valence-electron chi connectivity index (χ2n) is 5.05. The van der Waals surface area contributed by atoms with Gasteiger partial charge in [0.15, 0.2) is 0 Å². The van der Waals surface area contributed by atoms with E-state index in [2.05, 4.69) is 4.74 Å². The van der Waals surface area contributed by atoms with E-state index in [4.69, 9.17) is 11.6 Å². The first kappa shape index (κ1) is 18.8. The van der Waals surface area contributed by atoms with E-state index in [1.54, 1.807) is 0 Å². The van der Waals surface area contributed by atoms with Crippen LogP contribution in [0.15, 0.2) is 30.6 Å². The number of ether oxygens (including phenoxy) is 1. The molecule has 0 fully saturated rings. The third-order valence-corrected chi connectivity index (χ3v) is 3.42. The van der Waals surface area contributed by atoms with E-state index < -0.39 is 28.2 Å². The summed E-state index contributed by atoms with van der Waals surface area (Å²) in [6.45, 7) is 1.28. The third kappa shape index (κ3) is 4.50. The number of benzene rings is 1. The summed E-state index contributed by atoms with van der Waals surface area (Å²) in [5.41, 5.74) is -1.72. The van der Waals surface area contributed by atoms with Crippen LogP contribution >= 0.6 is 11.6 Å². The number of hydrogen-bond donors (Lipinski definition) is 0. The van der Waals surface area contributed by atoms with Crippen molar-refractivity contribution in [2.45, 2.75) is 19.6 Å². The maximum Gasteiger partial charge on any atom is 0.418 e. The molecule has 0 aliphatic carbocycles. The number of esters is 1. The van der Waals surface area contributed by atoms with Gasteiger partial charge in [0.05, 0.1) is 22.7 Å². The lowest BCUT2D eigenvalue weighted by Crippen LogP contribution is -2.12. The first-order chi connectivity index (χ1) is 11.6. The molecule has 1 aromatic heterocycles. The quantitative estimate of drug-likeness (QED) is 0.443. The van der Waals surface area contributed by atoms with Gasteiger partial charge in [0.25, 0.3) is 5.69 Å². The number of carbonyl (C=O) groups excluding carboxylic acids is 1. The molecule has 0 unspecified atom stereocenters. The second-order valence-corrected chi connectivity index (χ2v) is 5.49. The molecular formula is C15H12ClF3N2O4. The molecule has 2 rings (SSSR count). The van der Waals surface area contributed by atoms with Crippen LogP contribution in [0.2, 0.25) is 5.02 Å². The highest BCUT2D eigenvalue weighted by Gasteiger charge is 2.37. The molecule has 134 valence electrons. The lowest BCUT2D eigenvalue weighted by atomic mass is 10.2. The molecule has 25 heavy (non-hydrogen) atoms. The third-order valence-electron chi connectivity index (χ3n) is 3.20. The predicted octanol–water partition coefficient (Wildman–Crippen LogP) is 4.29. The maximum absolute atomic E-state index is 13.1. The molecule has 0 saturated heterocycles. The molecular weight excluding hydrogens is 365 g/mol. The number of aromatic nitrogens is 1. The molecule has 0 bridgehead atoms. The number of rotatable bonds is 5. The summed E-state index contributed by atoms with van der Waals surface area (Å²) in [5, 5.41) is 10.9. The number of halogens is 4. The Bertz CT molecular complexity index is 818. The van der Waals surface area contributed by atoms with Crippen LogP contribution in [0, 0.1) is 10.1 Å². The van der Waals surface area contributed by atoms with Gasteiger partial charge >= 0.3 is 12.1 Å². The SMILES string of the molecule is CCOC(=O)c1cn(Cc2cc(Cl)cc([N+](=O)[O-])c2)cc1C(F)(F)F. The molecule has 6 nitrogen and oxygen atoms in total. The number of carbonyl (C=O) groups is 1. The zero-order chi connectivity index (χ0) is 18.8. The van der Waals surface area contributed by atoms with Gasteiger partial charge in [-0.25, -0.2) is 4.79 Å². The van der Waals surface area contributed by atoms with Crippen molar-refractivity contribution < 1.29 is 27.6 Å². The molecule has 0 aliphatic rings. The maximum atomic E-state index is 13.1. The summed E-state index contributed by atoms with van der Waals surface area (Å²) in [7, 11) is 0. The van der Waals surface area contributed by atoms with Gasteiger partial charge in [-0.1, -0.05) is 11.6 Å². The minimum atomic E-state index is -4.74. The van der Waals surface area contributed by atoms with Crippen molar-refractivity contribution in [2.24, 2.45) is 0 Å². The molecule has 0 amide bonds. The number of hydrogen-bond acceptors (Lipinski definition) is 4. The first-order valence-corrected chi connectivity index (χ1v) is 7.37. The van der Waals surface area contributed by atoms with Crippen molar-refractivity contribution in [2.75, 3.05) is 6.61 Å². The van der Waals surface area contributed by atoms with Crippen molar-refractivity contribution >= 4 is 23.3 Å². The molecule has 0 spiro atoms. The normalized spacial score (nSPS) is 11.4. The molecule has 0 N–H and O–H groups in total. The van der Waals surface area contributed by atoms with E-state index in [1.165, 1.54) is 19.1 Å². The van der Waals surface area contributed by atoms with E-state index >= 15 is 0 Å². The van der Waals surface area contributed by atoms with Crippen LogP contribution in [-0.2, 0) is 17.5 Å². The van der Waals surface area contributed by atoms with E-state index in [1.807, 2.05) is 0 Å². The van der Waals surface area contributed by atoms with Crippen LogP contribution in [0.4, 0.5) is 18.9 Å². The summed E-state index contributed by atoms with van der Waals surface area (Å²) in [6, 6.07) is 3.72. The summed E-state index contributed by atoms with van der Waals surface area (Å²) in [6.07, 6.45) is -3.00. The van der Waals surface area contributed by atoms with E-state index in [9.17, 15) is 28.1 Å². The van der Waals surface area contributed by atoms with Crippen LogP contribution in [0.3, 0.4) is 0 Å². The van der Waals surface area contributed by atoms with Gasteiger partial charge in [0.2, 0.25) is 0 Å². The van der Waals surface area contributed by atoms with Crippen LogP contribution in [-0.4, -0.2) is 22.1 Å². The fourth-order valence-electron chi connectivity index (χ4n) is 2.24.